The molecule has 1 amide bonds. The Morgan fingerprint density at radius 1 is 1.17 bits per heavy atom. The molecule has 2 heterocycles. The quantitative estimate of drug-likeness (QED) is 0.681. The minimum absolute atomic E-state index is 0.0264. The summed E-state index contributed by atoms with van der Waals surface area (Å²) in [5.41, 5.74) is 6.43. The van der Waals surface area contributed by atoms with Gasteiger partial charge >= 0.3 is 5.69 Å². The Morgan fingerprint density at radius 2 is 1.93 bits per heavy atom. The Labute approximate surface area is 166 Å². The van der Waals surface area contributed by atoms with Crippen LogP contribution in [0, 0.1) is 0 Å². The van der Waals surface area contributed by atoms with Crippen LogP contribution >= 0.6 is 0 Å². The number of nitrogens with zero attached hydrogens (tertiary/aromatic N) is 3. The van der Waals surface area contributed by atoms with Gasteiger partial charge in [0.2, 0.25) is 0 Å². The molecule has 3 aromatic rings. The summed E-state index contributed by atoms with van der Waals surface area (Å²) in [6.07, 6.45) is 5.03. The number of amides is 1. The maximum Gasteiger partial charge on any atom is 0.327 e. The molecular weight excluding hydrogens is 374 g/mol. The predicted octanol–water partition coefficient (Wildman–Crippen LogP) is 2.41. The highest BCUT2D eigenvalue weighted by molar-refractivity contribution is 6.02. The summed E-state index contributed by atoms with van der Waals surface area (Å²) in [6.45, 7) is 0. The Hall–Kier alpha value is -3.36. The van der Waals surface area contributed by atoms with E-state index >= 15 is 0 Å². The zero-order valence-electron chi connectivity index (χ0n) is 16.4. The number of methoxy groups -OCH3 is 2. The molecular formula is C20H23N5O4. The molecule has 9 nitrogen and oxygen atoms in total. The number of nitrogens with one attached hydrogen (secondary N) is 1. The standard InChI is InChI=1S/C20H23N5O4/c1-28-12-8-9-14(29-2)13(10-12)18-22-15(17(21)26)16-19(24-18)25(20(27)23-16)11-6-4-3-5-7-11/h8-11H,3-7H2,1-2H3,(H2,21,26)(H,23,27). The zero-order chi connectivity index (χ0) is 20.5. The van der Waals surface area contributed by atoms with Crippen molar-refractivity contribution in [3.63, 3.8) is 0 Å². The van der Waals surface area contributed by atoms with Crippen molar-refractivity contribution in [2.24, 2.45) is 5.73 Å². The molecule has 0 saturated heterocycles. The molecule has 3 N–H and O–H groups in total. The van der Waals surface area contributed by atoms with Crippen LogP contribution in [0.15, 0.2) is 23.0 Å². The van der Waals surface area contributed by atoms with Gasteiger partial charge in [-0.25, -0.2) is 14.8 Å². The molecule has 0 bridgehead atoms. The Morgan fingerprint density at radius 3 is 2.59 bits per heavy atom. The molecule has 2 aromatic heterocycles. The van der Waals surface area contributed by atoms with Gasteiger partial charge in [0.05, 0.1) is 19.8 Å². The van der Waals surface area contributed by atoms with Crippen molar-refractivity contribution in [1.29, 1.82) is 0 Å². The number of ether oxygens (including phenoxy) is 2. The largest absolute Gasteiger partial charge is 0.497 e. The van der Waals surface area contributed by atoms with E-state index in [2.05, 4.69) is 15.0 Å². The van der Waals surface area contributed by atoms with Crippen LogP contribution in [0.1, 0.15) is 48.6 Å². The number of benzene rings is 1. The van der Waals surface area contributed by atoms with E-state index in [1.165, 1.54) is 7.11 Å². The monoisotopic (exact) mass is 397 g/mol. The molecule has 1 aromatic carbocycles. The third-order valence-corrected chi connectivity index (χ3v) is 5.39. The second-order valence-electron chi connectivity index (χ2n) is 7.12. The number of carbonyl (C=O) groups is 1. The number of primary amides is 1. The summed E-state index contributed by atoms with van der Waals surface area (Å²) in [6, 6.07) is 5.24. The van der Waals surface area contributed by atoms with Crippen molar-refractivity contribution in [2.75, 3.05) is 14.2 Å². The Kier molecular flexibility index (Phi) is 4.96. The first-order valence-corrected chi connectivity index (χ1v) is 9.58. The molecule has 0 aliphatic heterocycles. The lowest BCUT2D eigenvalue weighted by Gasteiger charge is -2.22. The van der Waals surface area contributed by atoms with Gasteiger partial charge in [-0.15, -0.1) is 0 Å². The highest BCUT2D eigenvalue weighted by atomic mass is 16.5. The van der Waals surface area contributed by atoms with Gasteiger partial charge in [-0.2, -0.15) is 0 Å². The van der Waals surface area contributed by atoms with E-state index in [4.69, 9.17) is 15.2 Å². The number of carbonyl (C=O) groups excluding carboxylic acids is 1. The highest BCUT2D eigenvalue weighted by Crippen LogP contribution is 2.34. The van der Waals surface area contributed by atoms with Crippen LogP contribution in [0.25, 0.3) is 22.6 Å². The maximum absolute atomic E-state index is 12.7. The molecule has 0 unspecified atom stereocenters. The second-order valence-corrected chi connectivity index (χ2v) is 7.12. The number of nitrogens with two attached hydrogens (primary N) is 1. The molecule has 1 aliphatic rings. The third kappa shape index (κ3) is 3.32. The van der Waals surface area contributed by atoms with Gasteiger partial charge in [-0.1, -0.05) is 19.3 Å². The van der Waals surface area contributed by atoms with Crippen LogP contribution in [-0.4, -0.2) is 39.6 Å². The third-order valence-electron chi connectivity index (χ3n) is 5.39. The minimum atomic E-state index is -0.738. The van der Waals surface area contributed by atoms with E-state index in [0.29, 0.717) is 22.7 Å². The highest BCUT2D eigenvalue weighted by Gasteiger charge is 2.25. The summed E-state index contributed by atoms with van der Waals surface area (Å²) >= 11 is 0. The van der Waals surface area contributed by atoms with Crippen molar-refractivity contribution >= 4 is 17.1 Å². The molecule has 0 atom stereocenters. The fourth-order valence-electron chi connectivity index (χ4n) is 3.97. The topological polar surface area (TPSA) is 125 Å². The van der Waals surface area contributed by atoms with E-state index in [1.54, 1.807) is 29.9 Å². The number of hydrogen-bond acceptors (Lipinski definition) is 6. The van der Waals surface area contributed by atoms with Gasteiger partial charge < -0.3 is 20.2 Å². The van der Waals surface area contributed by atoms with E-state index < -0.39 is 5.91 Å². The Bertz CT molecular complexity index is 1130. The van der Waals surface area contributed by atoms with Crippen LogP contribution in [0.4, 0.5) is 0 Å². The first-order valence-electron chi connectivity index (χ1n) is 9.58. The van der Waals surface area contributed by atoms with Gasteiger partial charge in [0, 0.05) is 6.04 Å². The molecule has 1 fully saturated rings. The van der Waals surface area contributed by atoms with Gasteiger partial charge in [-0.05, 0) is 31.0 Å². The first kappa shape index (κ1) is 19.0. The van der Waals surface area contributed by atoms with Gasteiger partial charge in [0.15, 0.2) is 17.2 Å². The van der Waals surface area contributed by atoms with E-state index in [1.807, 2.05) is 0 Å². The van der Waals surface area contributed by atoms with Gasteiger partial charge in [0.25, 0.3) is 5.91 Å². The number of fused-ring (bicyclic) bond motifs is 1. The number of imidazole rings is 1. The smallest absolute Gasteiger partial charge is 0.327 e. The summed E-state index contributed by atoms with van der Waals surface area (Å²) in [4.78, 5) is 36.6. The molecule has 0 radical (unpaired) electrons. The SMILES string of the molecule is COc1ccc(OC)c(-c2nc(C(N)=O)c3[nH]c(=O)n(C4CCCCC4)c3n2)c1. The van der Waals surface area contributed by atoms with Crippen LogP contribution in [0.3, 0.4) is 0 Å². The van der Waals surface area contributed by atoms with Crippen LogP contribution in [0.5, 0.6) is 11.5 Å². The second kappa shape index (κ2) is 7.57. The van der Waals surface area contributed by atoms with Crippen molar-refractivity contribution < 1.29 is 14.3 Å². The van der Waals surface area contributed by atoms with Crippen LogP contribution in [0.2, 0.25) is 0 Å². The molecule has 9 heteroatoms. The lowest BCUT2D eigenvalue weighted by atomic mass is 9.95. The fourth-order valence-corrected chi connectivity index (χ4v) is 3.97. The van der Waals surface area contributed by atoms with E-state index in [-0.39, 0.29) is 28.8 Å². The summed E-state index contributed by atoms with van der Waals surface area (Å²) < 4.78 is 12.4. The number of H-pyrrole nitrogens is 1. The van der Waals surface area contributed by atoms with Crippen molar-refractivity contribution in [3.8, 4) is 22.9 Å². The number of aromatic nitrogens is 4. The van der Waals surface area contributed by atoms with Gasteiger partial charge in [0.1, 0.15) is 17.0 Å². The fraction of sp³-hybridized carbons (Fsp3) is 0.400. The molecule has 152 valence electrons. The predicted molar refractivity (Wildman–Crippen MR) is 107 cm³/mol. The zero-order valence-corrected chi connectivity index (χ0v) is 16.4. The normalized spacial score (nSPS) is 14.8. The number of hydrogen-bond donors (Lipinski definition) is 2. The first-order chi connectivity index (χ1) is 14.0. The number of aromatic amines is 1. The summed E-state index contributed by atoms with van der Waals surface area (Å²) in [5, 5.41) is 0. The van der Waals surface area contributed by atoms with E-state index in [9.17, 15) is 9.59 Å². The maximum atomic E-state index is 12.7. The van der Waals surface area contributed by atoms with Crippen molar-refractivity contribution in [3.05, 3.63) is 34.4 Å². The minimum Gasteiger partial charge on any atom is -0.497 e. The lowest BCUT2D eigenvalue weighted by Crippen LogP contribution is -2.24. The van der Waals surface area contributed by atoms with Crippen molar-refractivity contribution in [1.82, 2.24) is 19.5 Å². The Balaban J connectivity index is 1.99. The molecule has 0 spiro atoms. The van der Waals surface area contributed by atoms with Crippen molar-refractivity contribution in [2.45, 2.75) is 38.1 Å². The average Bonchev–Trinajstić information content (AvgIpc) is 3.08. The van der Waals surface area contributed by atoms with E-state index in [0.717, 1.165) is 32.1 Å². The summed E-state index contributed by atoms with van der Waals surface area (Å²) in [5.74, 6) is 0.606. The lowest BCUT2D eigenvalue weighted by molar-refractivity contribution is 0.0997. The van der Waals surface area contributed by atoms with Gasteiger partial charge in [-0.3, -0.25) is 9.36 Å². The molecule has 1 aliphatic carbocycles. The summed E-state index contributed by atoms with van der Waals surface area (Å²) in [7, 11) is 3.09. The average molecular weight is 397 g/mol. The van der Waals surface area contributed by atoms with Crippen LogP contribution < -0.4 is 20.9 Å². The molecule has 29 heavy (non-hydrogen) atoms. The number of rotatable bonds is 5. The van der Waals surface area contributed by atoms with Crippen LogP contribution in [-0.2, 0) is 0 Å². The molecule has 1 saturated carbocycles. The molecule has 4 rings (SSSR count).